The zero-order chi connectivity index (χ0) is 36.3. The molecule has 1 radical (unpaired) electrons. The Hall–Kier alpha value is -4.41. The summed E-state index contributed by atoms with van der Waals surface area (Å²) in [4.78, 5) is 22.9. The maximum atomic E-state index is 13.0. The van der Waals surface area contributed by atoms with Crippen molar-refractivity contribution in [1.82, 2.24) is 0 Å². The summed E-state index contributed by atoms with van der Waals surface area (Å²) >= 11 is 0. The van der Waals surface area contributed by atoms with E-state index in [1.807, 2.05) is 0 Å². The van der Waals surface area contributed by atoms with E-state index in [4.69, 9.17) is 11.7 Å². The first-order valence-electron chi connectivity index (χ1n) is 11.9. The molecule has 2 aromatic carbocycles. The standard InChI is InChI=1S/C15H10F6O2.C14H9F6NO2.Cu/c1-4-10-11(14(16,17)18)5-9(6-12(10)15(19,20)21)13(7(2)22)8(3)23;1-6(22)12(7(2)23)8-3-10(13(15,16)17)9(5-21)11(4-8)14(18,19)20;/h1,5-6,22H,2-3H3;3-4,22H,1-2H3;/b13-7+;12-6+;. The summed E-state index contributed by atoms with van der Waals surface area (Å²) in [5.74, 6) is -1.85. The number of terminal acetylenes is 1. The average Bonchev–Trinajstić information content (AvgIpc) is 2.85. The minimum atomic E-state index is -5.24. The number of aliphatic hydroxyl groups excluding tert-OH is 2. The molecule has 2 aromatic rings. The van der Waals surface area contributed by atoms with Crippen molar-refractivity contribution in [1.29, 1.82) is 5.26 Å². The molecular weight excluding hydrogens is 718 g/mol. The SMILES string of the molecule is C#Cc1c(C(F)(F)F)cc(/C(C(C)=O)=C(\C)O)cc1C(F)(F)F.CC(=O)/C(=C(/C)O)c1cc(C(F)(F)F)c(C#N)c(C(F)(F)F)c1.[Cu]. The predicted molar refractivity (Wildman–Crippen MR) is 137 cm³/mol. The summed E-state index contributed by atoms with van der Waals surface area (Å²) in [6, 6.07) is 2.02. The number of hydrogen-bond acceptors (Lipinski definition) is 5. The van der Waals surface area contributed by atoms with E-state index in [0.717, 1.165) is 33.8 Å². The van der Waals surface area contributed by atoms with Gasteiger partial charge in [-0.2, -0.15) is 57.9 Å². The van der Waals surface area contributed by atoms with Gasteiger partial charge >= 0.3 is 24.7 Å². The van der Waals surface area contributed by atoms with Gasteiger partial charge < -0.3 is 10.2 Å². The molecule has 0 saturated heterocycles. The summed E-state index contributed by atoms with van der Waals surface area (Å²) in [6.07, 6.45) is -16.0. The third-order valence-electron chi connectivity index (χ3n) is 5.76. The first kappa shape index (κ1) is 42.6. The number of nitriles is 1. The van der Waals surface area contributed by atoms with Crippen molar-refractivity contribution in [3.05, 3.63) is 80.3 Å². The van der Waals surface area contributed by atoms with Gasteiger partial charge in [0.1, 0.15) is 17.6 Å². The van der Waals surface area contributed by atoms with Crippen LogP contribution in [0.3, 0.4) is 0 Å². The number of allylic oxidation sites excluding steroid dienone is 4. The molecule has 0 saturated carbocycles. The van der Waals surface area contributed by atoms with Gasteiger partial charge in [-0.3, -0.25) is 9.59 Å². The summed E-state index contributed by atoms with van der Waals surface area (Å²) < 4.78 is 156. The molecule has 0 unspecified atom stereocenters. The van der Waals surface area contributed by atoms with Gasteiger partial charge in [0.2, 0.25) is 0 Å². The molecule has 18 heteroatoms. The van der Waals surface area contributed by atoms with Crippen LogP contribution in [-0.2, 0) is 51.4 Å². The van der Waals surface area contributed by atoms with Gasteiger partial charge in [0.25, 0.3) is 0 Å². The molecule has 0 heterocycles. The van der Waals surface area contributed by atoms with E-state index in [-0.39, 0.29) is 29.2 Å². The largest absolute Gasteiger partial charge is 0.512 e. The summed E-state index contributed by atoms with van der Waals surface area (Å²) in [6.45, 7) is 3.72. The van der Waals surface area contributed by atoms with Crippen LogP contribution in [0, 0.1) is 23.7 Å². The second-order valence-electron chi connectivity index (χ2n) is 9.17. The van der Waals surface area contributed by atoms with Gasteiger partial charge in [-0.05, 0) is 63.1 Å². The van der Waals surface area contributed by atoms with E-state index in [1.165, 1.54) is 5.92 Å². The Morgan fingerprint density at radius 3 is 0.979 bits per heavy atom. The van der Waals surface area contributed by atoms with Crippen LogP contribution in [0.5, 0.6) is 0 Å². The number of hydrogen-bond donors (Lipinski definition) is 2. The number of rotatable bonds is 4. The van der Waals surface area contributed by atoms with Crippen LogP contribution < -0.4 is 0 Å². The molecule has 0 spiro atoms. The fourth-order valence-corrected chi connectivity index (χ4v) is 4.08. The van der Waals surface area contributed by atoms with E-state index >= 15 is 0 Å². The Labute approximate surface area is 268 Å². The molecule has 0 aromatic heterocycles. The number of nitrogens with zero attached hydrogens (tertiary/aromatic N) is 1. The molecule has 5 nitrogen and oxygen atoms in total. The number of benzene rings is 2. The van der Waals surface area contributed by atoms with Crippen LogP contribution in [0.1, 0.15) is 72.2 Å². The molecule has 2 rings (SSSR count). The van der Waals surface area contributed by atoms with Crippen molar-refractivity contribution < 1.29 is 89.6 Å². The predicted octanol–water partition coefficient (Wildman–Crippen LogP) is 9.05. The van der Waals surface area contributed by atoms with E-state index < -0.39 is 103 Å². The number of aliphatic hydroxyl groups is 2. The van der Waals surface area contributed by atoms with E-state index in [0.29, 0.717) is 12.1 Å². The zero-order valence-electron chi connectivity index (χ0n) is 23.9. The molecular formula is C29H19CuF12NO4. The molecule has 259 valence electrons. The van der Waals surface area contributed by atoms with Crippen molar-refractivity contribution >= 4 is 22.7 Å². The smallest absolute Gasteiger partial charge is 0.417 e. The second-order valence-corrected chi connectivity index (χ2v) is 9.17. The maximum absolute atomic E-state index is 13.0. The van der Waals surface area contributed by atoms with Gasteiger partial charge in [-0.15, -0.1) is 6.42 Å². The normalized spacial score (nSPS) is 13.1. The average molecular weight is 737 g/mol. The number of Topliss-reactive ketones (excluding diaryl/α,β-unsaturated/α-hetero) is 2. The summed E-state index contributed by atoms with van der Waals surface area (Å²) in [5, 5.41) is 27.5. The van der Waals surface area contributed by atoms with E-state index in [9.17, 15) is 72.5 Å². The molecule has 0 amide bonds. The number of halogens is 12. The number of alkyl halides is 12. The second kappa shape index (κ2) is 15.0. The fourth-order valence-electron chi connectivity index (χ4n) is 4.08. The summed E-state index contributed by atoms with van der Waals surface area (Å²) in [5.41, 5.74) is -12.8. The van der Waals surface area contributed by atoms with Crippen molar-refractivity contribution in [3.8, 4) is 18.4 Å². The molecule has 0 atom stereocenters. The Balaban J connectivity index is 0.000000882. The van der Waals surface area contributed by atoms with Crippen LogP contribution in [0.15, 0.2) is 35.8 Å². The van der Waals surface area contributed by atoms with Crippen LogP contribution >= 0.6 is 0 Å². The fraction of sp³-hybridized carbons (Fsp3) is 0.276. The minimum Gasteiger partial charge on any atom is -0.512 e. The Kier molecular flexibility index (Phi) is 13.6. The monoisotopic (exact) mass is 736 g/mol. The molecule has 0 aliphatic carbocycles. The first-order chi connectivity index (χ1) is 20.6. The van der Waals surface area contributed by atoms with Gasteiger partial charge in [0.15, 0.2) is 11.6 Å². The third kappa shape index (κ3) is 10.3. The maximum Gasteiger partial charge on any atom is 0.417 e. The van der Waals surface area contributed by atoms with Crippen LogP contribution in [0.2, 0.25) is 0 Å². The van der Waals surface area contributed by atoms with Crippen molar-refractivity contribution in [2.75, 3.05) is 0 Å². The van der Waals surface area contributed by atoms with Crippen LogP contribution in [0.4, 0.5) is 52.7 Å². The van der Waals surface area contributed by atoms with Crippen LogP contribution in [-0.4, -0.2) is 21.8 Å². The topological polar surface area (TPSA) is 98.4 Å². The van der Waals surface area contributed by atoms with Crippen molar-refractivity contribution in [2.45, 2.75) is 52.4 Å². The Morgan fingerprint density at radius 2 is 0.830 bits per heavy atom. The Bertz CT molecular complexity index is 1490. The number of ketones is 2. The molecule has 0 aliphatic rings. The van der Waals surface area contributed by atoms with Crippen molar-refractivity contribution in [3.63, 3.8) is 0 Å². The van der Waals surface area contributed by atoms with Gasteiger partial charge in [-0.25, -0.2) is 0 Å². The van der Waals surface area contributed by atoms with E-state index in [2.05, 4.69) is 0 Å². The van der Waals surface area contributed by atoms with Gasteiger partial charge in [0.05, 0.1) is 39.0 Å². The van der Waals surface area contributed by atoms with Crippen LogP contribution in [0.25, 0.3) is 11.1 Å². The van der Waals surface area contributed by atoms with Gasteiger partial charge in [-0.1, -0.05) is 5.92 Å². The molecule has 2 N–H and O–H groups in total. The molecule has 0 bridgehead atoms. The minimum absolute atomic E-state index is 0. The quantitative estimate of drug-likeness (QED) is 0.107. The molecule has 0 aliphatic heterocycles. The molecule has 0 fully saturated rings. The first-order valence-corrected chi connectivity index (χ1v) is 11.9. The molecule has 47 heavy (non-hydrogen) atoms. The van der Waals surface area contributed by atoms with E-state index in [1.54, 1.807) is 0 Å². The van der Waals surface area contributed by atoms with Gasteiger partial charge in [0, 0.05) is 22.6 Å². The van der Waals surface area contributed by atoms with Crippen molar-refractivity contribution in [2.24, 2.45) is 0 Å². The number of carbonyl (C=O) groups excluding carboxylic acids is 2. The Morgan fingerprint density at radius 1 is 0.596 bits per heavy atom. The zero-order valence-corrected chi connectivity index (χ0v) is 24.8. The number of carbonyl (C=O) groups is 2. The summed E-state index contributed by atoms with van der Waals surface area (Å²) in [7, 11) is 0. The third-order valence-corrected chi connectivity index (χ3v) is 5.76.